The number of phenolic OH excluding ortho intramolecular Hbond substituents is 1. The first-order valence-electron chi connectivity index (χ1n) is 6.48. The quantitative estimate of drug-likeness (QED) is 0.820. The first-order valence-corrected chi connectivity index (χ1v) is 6.48. The highest BCUT2D eigenvalue weighted by atomic mass is 16.5. The molecule has 0 unspecified atom stereocenters. The Bertz CT molecular complexity index is 579. The van der Waals surface area contributed by atoms with Crippen LogP contribution >= 0.6 is 0 Å². The molecule has 20 heavy (non-hydrogen) atoms. The maximum atomic E-state index is 11.5. The maximum Gasteiger partial charge on any atom is 0.338 e. The van der Waals surface area contributed by atoms with Crippen molar-refractivity contribution in [2.45, 2.75) is 13.5 Å². The lowest BCUT2D eigenvalue weighted by molar-refractivity contribution is 0.0526. The van der Waals surface area contributed by atoms with Gasteiger partial charge in [0.15, 0.2) is 0 Å². The first-order chi connectivity index (χ1) is 9.70. The Balaban J connectivity index is 1.98. The summed E-state index contributed by atoms with van der Waals surface area (Å²) in [6, 6.07) is 14.2. The van der Waals surface area contributed by atoms with Crippen LogP contribution in [0.1, 0.15) is 22.8 Å². The van der Waals surface area contributed by atoms with Crippen molar-refractivity contribution in [2.24, 2.45) is 0 Å². The number of para-hydroxylation sites is 1. The molecule has 2 aromatic carbocycles. The van der Waals surface area contributed by atoms with Gasteiger partial charge in [-0.15, -0.1) is 0 Å². The molecule has 0 aliphatic rings. The number of benzene rings is 2. The third kappa shape index (κ3) is 3.51. The second kappa shape index (κ2) is 6.61. The third-order valence-corrected chi connectivity index (χ3v) is 2.87. The number of aromatic hydroxyl groups is 1. The monoisotopic (exact) mass is 271 g/mol. The van der Waals surface area contributed by atoms with Crippen LogP contribution in [0.2, 0.25) is 0 Å². The molecule has 0 radical (unpaired) electrons. The molecule has 0 saturated carbocycles. The number of carbonyl (C=O) groups is 1. The van der Waals surface area contributed by atoms with Gasteiger partial charge in [0, 0.05) is 17.8 Å². The minimum absolute atomic E-state index is 0.267. The summed E-state index contributed by atoms with van der Waals surface area (Å²) in [5, 5.41) is 12.9. The van der Waals surface area contributed by atoms with Gasteiger partial charge in [-0.3, -0.25) is 0 Å². The second-order valence-electron chi connectivity index (χ2n) is 4.28. The van der Waals surface area contributed by atoms with E-state index in [0.717, 1.165) is 11.3 Å². The van der Waals surface area contributed by atoms with Crippen molar-refractivity contribution in [1.29, 1.82) is 0 Å². The fraction of sp³-hybridized carbons (Fsp3) is 0.188. The van der Waals surface area contributed by atoms with E-state index in [-0.39, 0.29) is 11.7 Å². The molecule has 2 N–H and O–H groups in total. The number of anilines is 1. The molecule has 0 aliphatic heterocycles. The van der Waals surface area contributed by atoms with E-state index < -0.39 is 0 Å². The fourth-order valence-corrected chi connectivity index (χ4v) is 1.80. The summed E-state index contributed by atoms with van der Waals surface area (Å²) in [5.74, 6) is -0.0529. The van der Waals surface area contributed by atoms with Gasteiger partial charge in [-0.1, -0.05) is 18.2 Å². The molecule has 0 amide bonds. The van der Waals surface area contributed by atoms with Crippen molar-refractivity contribution in [3.63, 3.8) is 0 Å². The molecule has 2 rings (SSSR count). The smallest absolute Gasteiger partial charge is 0.338 e. The molecular weight excluding hydrogens is 254 g/mol. The Kier molecular flexibility index (Phi) is 4.60. The zero-order chi connectivity index (χ0) is 14.4. The minimum atomic E-state index is -0.320. The van der Waals surface area contributed by atoms with Crippen LogP contribution in [0.3, 0.4) is 0 Å². The number of phenols is 1. The number of hydrogen-bond acceptors (Lipinski definition) is 4. The Morgan fingerprint density at radius 2 is 1.85 bits per heavy atom. The van der Waals surface area contributed by atoms with E-state index >= 15 is 0 Å². The standard InChI is InChI=1S/C16H17NO3/c1-2-20-16(19)12-7-9-14(10-8-12)17-11-13-5-3-4-6-15(13)18/h3-10,17-18H,2,11H2,1H3. The molecule has 4 nitrogen and oxygen atoms in total. The Morgan fingerprint density at radius 1 is 1.15 bits per heavy atom. The largest absolute Gasteiger partial charge is 0.508 e. The highest BCUT2D eigenvalue weighted by Crippen LogP contribution is 2.18. The minimum Gasteiger partial charge on any atom is -0.508 e. The average molecular weight is 271 g/mol. The number of rotatable bonds is 5. The summed E-state index contributed by atoms with van der Waals surface area (Å²) in [6.45, 7) is 2.66. The normalized spacial score (nSPS) is 10.1. The van der Waals surface area contributed by atoms with Crippen molar-refractivity contribution in [2.75, 3.05) is 11.9 Å². The molecule has 0 spiro atoms. The zero-order valence-corrected chi connectivity index (χ0v) is 11.3. The molecule has 0 aromatic heterocycles. The molecule has 104 valence electrons. The predicted molar refractivity (Wildman–Crippen MR) is 77.8 cm³/mol. The van der Waals surface area contributed by atoms with Crippen LogP contribution in [0.15, 0.2) is 48.5 Å². The van der Waals surface area contributed by atoms with Gasteiger partial charge >= 0.3 is 5.97 Å². The SMILES string of the molecule is CCOC(=O)c1ccc(NCc2ccccc2O)cc1. The molecule has 0 heterocycles. The Labute approximate surface area is 118 Å². The summed E-state index contributed by atoms with van der Waals surface area (Å²) < 4.78 is 4.92. The van der Waals surface area contributed by atoms with Crippen molar-refractivity contribution in [3.05, 3.63) is 59.7 Å². The van der Waals surface area contributed by atoms with E-state index in [9.17, 15) is 9.90 Å². The van der Waals surface area contributed by atoms with Gasteiger partial charge < -0.3 is 15.2 Å². The van der Waals surface area contributed by atoms with E-state index in [4.69, 9.17) is 4.74 Å². The first kappa shape index (κ1) is 13.9. The summed E-state index contributed by atoms with van der Waals surface area (Å²) in [6.07, 6.45) is 0. The van der Waals surface area contributed by atoms with Crippen molar-refractivity contribution >= 4 is 11.7 Å². The fourth-order valence-electron chi connectivity index (χ4n) is 1.80. The van der Waals surface area contributed by atoms with E-state index in [2.05, 4.69) is 5.32 Å². The van der Waals surface area contributed by atoms with Crippen molar-refractivity contribution < 1.29 is 14.6 Å². The van der Waals surface area contributed by atoms with E-state index in [1.807, 2.05) is 24.3 Å². The molecule has 4 heteroatoms. The summed E-state index contributed by atoms with van der Waals surface area (Å²) in [5.41, 5.74) is 2.23. The summed E-state index contributed by atoms with van der Waals surface area (Å²) >= 11 is 0. The van der Waals surface area contributed by atoms with Crippen LogP contribution in [0.4, 0.5) is 5.69 Å². The topological polar surface area (TPSA) is 58.6 Å². The van der Waals surface area contributed by atoms with Crippen LogP contribution < -0.4 is 5.32 Å². The Morgan fingerprint density at radius 3 is 2.50 bits per heavy atom. The van der Waals surface area contributed by atoms with Gasteiger partial charge in [0.05, 0.1) is 12.2 Å². The van der Waals surface area contributed by atoms with Crippen LogP contribution in [0.5, 0.6) is 5.75 Å². The summed E-state index contributed by atoms with van der Waals surface area (Å²) in [4.78, 5) is 11.5. The number of ether oxygens (including phenoxy) is 1. The van der Waals surface area contributed by atoms with Gasteiger partial charge in [-0.2, -0.15) is 0 Å². The van der Waals surface area contributed by atoms with E-state index in [1.54, 1.807) is 31.2 Å². The Hall–Kier alpha value is -2.49. The van der Waals surface area contributed by atoms with E-state index in [1.165, 1.54) is 0 Å². The van der Waals surface area contributed by atoms with Crippen LogP contribution in [0.25, 0.3) is 0 Å². The third-order valence-electron chi connectivity index (χ3n) is 2.87. The van der Waals surface area contributed by atoms with Crippen LogP contribution in [-0.4, -0.2) is 17.7 Å². The zero-order valence-electron chi connectivity index (χ0n) is 11.3. The van der Waals surface area contributed by atoms with Gasteiger partial charge in [0.1, 0.15) is 5.75 Å². The highest BCUT2D eigenvalue weighted by Gasteiger charge is 2.05. The number of nitrogens with one attached hydrogen (secondary N) is 1. The number of hydrogen-bond donors (Lipinski definition) is 2. The average Bonchev–Trinajstić information content (AvgIpc) is 2.47. The van der Waals surface area contributed by atoms with Gasteiger partial charge in [-0.05, 0) is 37.3 Å². The number of esters is 1. The predicted octanol–water partition coefficient (Wildman–Crippen LogP) is 3.18. The highest BCUT2D eigenvalue weighted by molar-refractivity contribution is 5.89. The number of carbonyl (C=O) groups excluding carboxylic acids is 1. The second-order valence-corrected chi connectivity index (χ2v) is 4.28. The van der Waals surface area contributed by atoms with Gasteiger partial charge in [-0.25, -0.2) is 4.79 Å². The van der Waals surface area contributed by atoms with Crippen LogP contribution in [-0.2, 0) is 11.3 Å². The molecule has 0 fully saturated rings. The maximum absolute atomic E-state index is 11.5. The molecule has 2 aromatic rings. The lowest BCUT2D eigenvalue weighted by atomic mass is 10.2. The molecule has 0 atom stereocenters. The van der Waals surface area contributed by atoms with Crippen molar-refractivity contribution in [1.82, 2.24) is 0 Å². The van der Waals surface area contributed by atoms with E-state index in [0.29, 0.717) is 18.7 Å². The van der Waals surface area contributed by atoms with Gasteiger partial charge in [0.25, 0.3) is 0 Å². The van der Waals surface area contributed by atoms with Crippen LogP contribution in [0, 0.1) is 0 Å². The van der Waals surface area contributed by atoms with Gasteiger partial charge in [0.2, 0.25) is 0 Å². The van der Waals surface area contributed by atoms with Crippen molar-refractivity contribution in [3.8, 4) is 5.75 Å². The lowest BCUT2D eigenvalue weighted by Gasteiger charge is -2.08. The molecular formula is C16H17NO3. The summed E-state index contributed by atoms with van der Waals surface area (Å²) in [7, 11) is 0. The molecule has 0 saturated heterocycles. The molecule has 0 bridgehead atoms. The molecule has 0 aliphatic carbocycles. The lowest BCUT2D eigenvalue weighted by Crippen LogP contribution is -2.05.